The Hall–Kier alpha value is -0.880. The monoisotopic (exact) mass is 153 g/mol. The third kappa shape index (κ3) is 9.12. The van der Waals surface area contributed by atoms with E-state index in [9.17, 15) is 9.59 Å². The van der Waals surface area contributed by atoms with Gasteiger partial charge in [0.05, 0.1) is 0 Å². The lowest BCUT2D eigenvalue weighted by Crippen LogP contribution is -1.78. The van der Waals surface area contributed by atoms with Gasteiger partial charge in [-0.3, -0.25) is 4.79 Å². The van der Waals surface area contributed by atoms with Crippen LogP contribution in [0.5, 0.6) is 0 Å². The van der Waals surface area contributed by atoms with Crippen LogP contribution in [0.15, 0.2) is 6.08 Å². The van der Waals surface area contributed by atoms with E-state index in [-0.39, 0.29) is 0 Å². The van der Waals surface area contributed by atoms with Crippen LogP contribution >= 0.6 is 0 Å². The molecule has 0 aliphatic rings. The largest absolute Gasteiger partial charge is 0.291 e. The summed E-state index contributed by atoms with van der Waals surface area (Å²) < 4.78 is 0. The molecule has 0 N–H and O–H groups in total. The summed E-state index contributed by atoms with van der Waals surface area (Å²) in [7, 11) is 0. The Balaban J connectivity index is 2.90. The lowest BCUT2D eigenvalue weighted by Gasteiger charge is -1.93. The van der Waals surface area contributed by atoms with Crippen LogP contribution in [-0.2, 0) is 9.59 Å². The molecule has 0 spiro atoms. The molecule has 61 valence electrons. The van der Waals surface area contributed by atoms with Crippen LogP contribution < -0.4 is 0 Å². The van der Waals surface area contributed by atoms with Crippen LogP contribution in [0, 0.1) is 0 Å². The van der Waals surface area contributed by atoms with Gasteiger partial charge in [0, 0.05) is 6.42 Å². The molecule has 0 rings (SSSR count). The minimum absolute atomic E-state index is 0.545. The smallest absolute Gasteiger partial charge is 0.198 e. The zero-order valence-corrected chi connectivity index (χ0v) is 6.64. The molecule has 0 amide bonds. The number of carbonyl (C=O) groups excluding carboxylic acids is 2. The molecule has 0 unspecified atom stereocenters. The van der Waals surface area contributed by atoms with Crippen molar-refractivity contribution in [1.29, 1.82) is 0 Å². The third-order valence-corrected chi connectivity index (χ3v) is 1.46. The quantitative estimate of drug-likeness (QED) is 0.413. The Morgan fingerprint density at radius 3 is 2.36 bits per heavy atom. The van der Waals surface area contributed by atoms with Crippen LogP contribution in [0.1, 0.15) is 38.5 Å². The first-order valence-corrected chi connectivity index (χ1v) is 3.96. The molecule has 0 aromatic heterocycles. The molecule has 1 radical (unpaired) electrons. The fourth-order valence-electron chi connectivity index (χ4n) is 0.856. The number of rotatable bonds is 7. The Morgan fingerprint density at radius 1 is 1.00 bits per heavy atom. The second-order valence-corrected chi connectivity index (χ2v) is 2.42. The van der Waals surface area contributed by atoms with Crippen molar-refractivity contribution in [2.75, 3.05) is 0 Å². The number of hydrogen-bond acceptors (Lipinski definition) is 2. The van der Waals surface area contributed by atoms with Crippen molar-refractivity contribution in [3.8, 4) is 0 Å². The summed E-state index contributed by atoms with van der Waals surface area (Å²) in [5, 5.41) is 0. The van der Waals surface area contributed by atoms with Crippen molar-refractivity contribution in [3.05, 3.63) is 6.08 Å². The van der Waals surface area contributed by atoms with Crippen LogP contribution in [0.3, 0.4) is 0 Å². The van der Waals surface area contributed by atoms with Gasteiger partial charge >= 0.3 is 0 Å². The second-order valence-electron chi connectivity index (χ2n) is 2.42. The van der Waals surface area contributed by atoms with E-state index in [2.05, 4.69) is 0 Å². The molecule has 2 nitrogen and oxygen atoms in total. The highest BCUT2D eigenvalue weighted by Gasteiger charge is 1.88. The topological polar surface area (TPSA) is 34.1 Å². The fourth-order valence-corrected chi connectivity index (χ4v) is 0.856. The summed E-state index contributed by atoms with van der Waals surface area (Å²) in [4.78, 5) is 19.5. The summed E-state index contributed by atoms with van der Waals surface area (Å²) in [6.07, 6.45) is 8.80. The summed E-state index contributed by atoms with van der Waals surface area (Å²) in [6, 6.07) is 0. The maximum atomic E-state index is 9.76. The number of unbranched alkanes of at least 4 members (excludes halogenated alkanes) is 5. The van der Waals surface area contributed by atoms with Crippen molar-refractivity contribution < 1.29 is 9.59 Å². The first kappa shape index (κ1) is 10.1. The highest BCUT2D eigenvalue weighted by Crippen LogP contribution is 2.03. The van der Waals surface area contributed by atoms with E-state index >= 15 is 0 Å². The molecule has 0 fully saturated rings. The van der Waals surface area contributed by atoms with Gasteiger partial charge in [-0.05, 0) is 25.3 Å². The molecular formula is C9H13O2. The van der Waals surface area contributed by atoms with Gasteiger partial charge in [0.1, 0.15) is 5.94 Å². The van der Waals surface area contributed by atoms with Crippen LogP contribution in [0.4, 0.5) is 0 Å². The van der Waals surface area contributed by atoms with Gasteiger partial charge in [-0.15, -0.1) is 0 Å². The van der Waals surface area contributed by atoms with E-state index in [1.807, 2.05) is 6.29 Å². The normalized spacial score (nSPS) is 8.73. The van der Waals surface area contributed by atoms with Gasteiger partial charge in [0.25, 0.3) is 0 Å². The van der Waals surface area contributed by atoms with Gasteiger partial charge in [-0.1, -0.05) is 12.8 Å². The Morgan fingerprint density at radius 2 is 1.73 bits per heavy atom. The standard InChI is InChI=1S/C9H13O2/c10-8-6-4-2-1-3-5-7-9-11/h6H,1-5,7H2. The Kier molecular flexibility index (Phi) is 8.39. The first-order valence-electron chi connectivity index (χ1n) is 3.96. The second kappa shape index (κ2) is 9.12. The highest BCUT2D eigenvalue weighted by atomic mass is 16.1. The minimum Gasteiger partial charge on any atom is -0.291 e. The van der Waals surface area contributed by atoms with Gasteiger partial charge in [0.15, 0.2) is 6.29 Å². The van der Waals surface area contributed by atoms with E-state index < -0.39 is 0 Å². The fraction of sp³-hybridized carbons (Fsp3) is 0.667. The molecule has 2 heteroatoms. The van der Waals surface area contributed by atoms with E-state index in [0.717, 1.165) is 32.1 Å². The molecule has 0 aromatic carbocycles. The predicted molar refractivity (Wildman–Crippen MR) is 43.7 cm³/mol. The number of allylic oxidation sites excluding steroid dienone is 1. The van der Waals surface area contributed by atoms with Crippen LogP contribution in [0.2, 0.25) is 0 Å². The summed E-state index contributed by atoms with van der Waals surface area (Å²) in [6.45, 7) is 0. The molecule has 0 aromatic rings. The van der Waals surface area contributed by atoms with Gasteiger partial charge < -0.3 is 0 Å². The summed E-state index contributed by atoms with van der Waals surface area (Å²) in [5.41, 5.74) is 0. The molecule has 0 heterocycles. The summed E-state index contributed by atoms with van der Waals surface area (Å²) >= 11 is 0. The number of hydrogen-bond donors (Lipinski definition) is 0. The van der Waals surface area contributed by atoms with Crippen molar-refractivity contribution in [3.63, 3.8) is 0 Å². The molecular weight excluding hydrogens is 140 g/mol. The van der Waals surface area contributed by atoms with Gasteiger partial charge in [-0.2, -0.15) is 0 Å². The maximum Gasteiger partial charge on any atom is 0.198 e. The molecule has 0 bridgehead atoms. The Labute approximate surface area is 67.3 Å². The molecule has 0 saturated heterocycles. The van der Waals surface area contributed by atoms with Crippen LogP contribution in [-0.4, -0.2) is 12.2 Å². The van der Waals surface area contributed by atoms with Crippen molar-refractivity contribution in [2.45, 2.75) is 38.5 Å². The van der Waals surface area contributed by atoms with Crippen molar-refractivity contribution in [2.24, 2.45) is 0 Å². The zero-order valence-electron chi connectivity index (χ0n) is 6.64. The lowest BCUT2D eigenvalue weighted by molar-refractivity contribution is 0.544. The van der Waals surface area contributed by atoms with Gasteiger partial charge in [0.2, 0.25) is 0 Å². The predicted octanol–water partition coefficient (Wildman–Crippen LogP) is 1.82. The van der Waals surface area contributed by atoms with E-state index in [4.69, 9.17) is 0 Å². The van der Waals surface area contributed by atoms with Crippen LogP contribution in [0.25, 0.3) is 0 Å². The minimum atomic E-state index is 0.545. The SMILES string of the molecule is O=[C]CCCCCCC=C=O. The highest BCUT2D eigenvalue weighted by molar-refractivity contribution is 5.50. The molecule has 0 atom stereocenters. The van der Waals surface area contributed by atoms with E-state index in [1.165, 1.54) is 6.08 Å². The third-order valence-electron chi connectivity index (χ3n) is 1.46. The van der Waals surface area contributed by atoms with E-state index in [1.54, 1.807) is 5.94 Å². The maximum absolute atomic E-state index is 9.76. The van der Waals surface area contributed by atoms with Gasteiger partial charge in [-0.25, -0.2) is 4.79 Å². The van der Waals surface area contributed by atoms with Crippen molar-refractivity contribution >= 4 is 12.2 Å². The van der Waals surface area contributed by atoms with Crippen molar-refractivity contribution in [1.82, 2.24) is 0 Å². The Bertz CT molecular complexity index is 134. The lowest BCUT2D eigenvalue weighted by atomic mass is 10.1. The molecule has 0 saturated carbocycles. The molecule has 0 aliphatic carbocycles. The summed E-state index contributed by atoms with van der Waals surface area (Å²) in [5.74, 6) is 1.73. The molecule has 11 heavy (non-hydrogen) atoms. The molecule has 0 aliphatic heterocycles. The first-order chi connectivity index (χ1) is 5.41. The average Bonchev–Trinajstić information content (AvgIpc) is 2.03. The zero-order chi connectivity index (χ0) is 8.36. The van der Waals surface area contributed by atoms with E-state index in [0.29, 0.717) is 6.42 Å². The average molecular weight is 153 g/mol.